The highest BCUT2D eigenvalue weighted by Gasteiger charge is 2.24. The molecule has 0 aliphatic carbocycles. The van der Waals surface area contributed by atoms with E-state index >= 15 is 0 Å². The lowest BCUT2D eigenvalue weighted by Crippen LogP contribution is -2.43. The number of hydrogen-bond donors (Lipinski definition) is 2. The maximum atomic E-state index is 12.0. The first-order valence-electron chi connectivity index (χ1n) is 6.15. The van der Waals surface area contributed by atoms with E-state index in [1.165, 1.54) is 4.90 Å². The fourth-order valence-corrected chi connectivity index (χ4v) is 1.88. The molecule has 0 saturated heterocycles. The second-order valence-corrected chi connectivity index (χ2v) is 4.29. The fourth-order valence-electron chi connectivity index (χ4n) is 1.88. The number of fused-ring (bicyclic) bond motifs is 1. The zero-order valence-electron chi connectivity index (χ0n) is 10.8. The van der Waals surface area contributed by atoms with Gasteiger partial charge in [-0.05, 0) is 12.1 Å². The minimum absolute atomic E-state index is 0.174. The largest absolute Gasteiger partial charge is 0.491 e. The van der Waals surface area contributed by atoms with Gasteiger partial charge in [0.1, 0.15) is 12.3 Å². The van der Waals surface area contributed by atoms with Crippen molar-refractivity contribution in [3.63, 3.8) is 0 Å². The number of nitrogens with zero attached hydrogens (tertiary/aromatic N) is 1. The third kappa shape index (κ3) is 3.25. The first-order chi connectivity index (χ1) is 9.58. The standard InChI is InChI=1S/C13H15N3O4/c14-11(17)7-15-12(18)8-16-9-3-1-2-4-10(9)20-6-5-13(16)19/h1-4H,5-8H2,(H2,14,17)(H,15,18). The summed E-state index contributed by atoms with van der Waals surface area (Å²) >= 11 is 0. The highest BCUT2D eigenvalue weighted by molar-refractivity contribution is 6.00. The van der Waals surface area contributed by atoms with Gasteiger partial charge in [0.25, 0.3) is 0 Å². The van der Waals surface area contributed by atoms with E-state index in [4.69, 9.17) is 10.5 Å². The molecule has 7 nitrogen and oxygen atoms in total. The minimum atomic E-state index is -0.635. The molecule has 1 aliphatic heterocycles. The van der Waals surface area contributed by atoms with E-state index in [2.05, 4.69) is 5.32 Å². The van der Waals surface area contributed by atoms with Crippen LogP contribution in [0.5, 0.6) is 5.75 Å². The molecule has 0 fully saturated rings. The third-order valence-corrected chi connectivity index (χ3v) is 2.79. The molecule has 0 aromatic heterocycles. The van der Waals surface area contributed by atoms with Crippen molar-refractivity contribution >= 4 is 23.4 Å². The first kappa shape index (κ1) is 13.9. The van der Waals surface area contributed by atoms with Crippen LogP contribution in [0.3, 0.4) is 0 Å². The highest BCUT2D eigenvalue weighted by atomic mass is 16.5. The Kier molecular flexibility index (Phi) is 4.19. The fraction of sp³-hybridized carbons (Fsp3) is 0.308. The number of hydrogen-bond acceptors (Lipinski definition) is 4. The summed E-state index contributed by atoms with van der Waals surface area (Å²) in [5, 5.41) is 2.35. The molecule has 1 aliphatic rings. The summed E-state index contributed by atoms with van der Waals surface area (Å²) in [6, 6.07) is 7.00. The van der Waals surface area contributed by atoms with Crippen LogP contribution < -0.4 is 20.7 Å². The topological polar surface area (TPSA) is 102 Å². The van der Waals surface area contributed by atoms with Crippen LogP contribution in [-0.4, -0.2) is 37.4 Å². The van der Waals surface area contributed by atoms with Gasteiger partial charge >= 0.3 is 0 Å². The van der Waals surface area contributed by atoms with Gasteiger partial charge in [0.2, 0.25) is 17.7 Å². The van der Waals surface area contributed by atoms with Gasteiger partial charge in [-0.2, -0.15) is 0 Å². The van der Waals surface area contributed by atoms with Gasteiger partial charge in [0, 0.05) is 0 Å². The van der Waals surface area contributed by atoms with E-state index < -0.39 is 11.8 Å². The zero-order valence-corrected chi connectivity index (χ0v) is 10.8. The summed E-state index contributed by atoms with van der Waals surface area (Å²) in [7, 11) is 0. The number of primary amides is 1. The van der Waals surface area contributed by atoms with Crippen molar-refractivity contribution < 1.29 is 19.1 Å². The Bertz CT molecular complexity index is 544. The number of nitrogens with two attached hydrogens (primary N) is 1. The summed E-state index contributed by atoms with van der Waals surface area (Å²) in [5.74, 6) is -0.733. The van der Waals surface area contributed by atoms with Crippen molar-refractivity contribution in [1.29, 1.82) is 0 Å². The smallest absolute Gasteiger partial charge is 0.240 e. The Morgan fingerprint density at radius 1 is 1.35 bits per heavy atom. The predicted molar refractivity (Wildman–Crippen MR) is 71.1 cm³/mol. The van der Waals surface area contributed by atoms with E-state index in [0.717, 1.165) is 0 Å². The number of nitrogens with one attached hydrogen (secondary N) is 1. The van der Waals surface area contributed by atoms with Crippen molar-refractivity contribution in [2.75, 3.05) is 24.6 Å². The molecular formula is C13H15N3O4. The number of ether oxygens (including phenoxy) is 1. The predicted octanol–water partition coefficient (Wildman–Crippen LogP) is -0.596. The van der Waals surface area contributed by atoms with Crippen LogP contribution in [-0.2, 0) is 14.4 Å². The molecule has 0 saturated carbocycles. The van der Waals surface area contributed by atoms with Gasteiger partial charge in [-0.3, -0.25) is 19.3 Å². The van der Waals surface area contributed by atoms with Crippen LogP contribution in [0, 0.1) is 0 Å². The molecule has 2 rings (SSSR count). The number of para-hydroxylation sites is 2. The number of anilines is 1. The Balaban J connectivity index is 2.14. The number of rotatable bonds is 4. The summed E-state index contributed by atoms with van der Waals surface area (Å²) in [4.78, 5) is 35.7. The van der Waals surface area contributed by atoms with E-state index in [0.29, 0.717) is 11.4 Å². The average molecular weight is 277 g/mol. The summed E-state index contributed by atoms with van der Waals surface area (Å²) in [5.41, 5.74) is 5.49. The SMILES string of the molecule is NC(=O)CNC(=O)CN1C(=O)CCOc2ccccc21. The third-order valence-electron chi connectivity index (χ3n) is 2.79. The molecule has 0 spiro atoms. The molecule has 0 radical (unpaired) electrons. The molecule has 1 aromatic carbocycles. The molecule has 3 N–H and O–H groups in total. The van der Waals surface area contributed by atoms with Gasteiger partial charge in [-0.1, -0.05) is 12.1 Å². The van der Waals surface area contributed by atoms with Crippen molar-refractivity contribution in [1.82, 2.24) is 5.32 Å². The lowest BCUT2D eigenvalue weighted by Gasteiger charge is -2.21. The number of carbonyl (C=O) groups excluding carboxylic acids is 3. The highest BCUT2D eigenvalue weighted by Crippen LogP contribution is 2.30. The lowest BCUT2D eigenvalue weighted by molar-refractivity contribution is -0.125. The maximum Gasteiger partial charge on any atom is 0.240 e. The number of carbonyl (C=O) groups is 3. The van der Waals surface area contributed by atoms with E-state index in [1.807, 2.05) is 0 Å². The summed E-state index contributed by atoms with van der Waals surface area (Å²) in [6.45, 7) is -0.152. The maximum absolute atomic E-state index is 12.0. The Morgan fingerprint density at radius 3 is 2.85 bits per heavy atom. The quantitative estimate of drug-likeness (QED) is 0.767. The molecule has 20 heavy (non-hydrogen) atoms. The molecule has 106 valence electrons. The summed E-state index contributed by atoms with van der Waals surface area (Å²) < 4.78 is 5.46. The van der Waals surface area contributed by atoms with Crippen molar-refractivity contribution in [3.8, 4) is 5.75 Å². The Labute approximate surface area is 115 Å². The van der Waals surface area contributed by atoms with Crippen LogP contribution in [0.4, 0.5) is 5.69 Å². The molecule has 1 aromatic rings. The Hall–Kier alpha value is -2.57. The zero-order chi connectivity index (χ0) is 14.5. The number of amides is 3. The molecular weight excluding hydrogens is 262 g/mol. The second-order valence-electron chi connectivity index (χ2n) is 4.29. The molecule has 1 heterocycles. The minimum Gasteiger partial charge on any atom is -0.491 e. The average Bonchev–Trinajstić information content (AvgIpc) is 2.57. The first-order valence-corrected chi connectivity index (χ1v) is 6.15. The van der Waals surface area contributed by atoms with Crippen LogP contribution >= 0.6 is 0 Å². The van der Waals surface area contributed by atoms with Crippen LogP contribution in [0.25, 0.3) is 0 Å². The van der Waals surface area contributed by atoms with Gasteiger partial charge in [-0.25, -0.2) is 0 Å². The van der Waals surface area contributed by atoms with Gasteiger partial charge < -0.3 is 15.8 Å². The molecule has 3 amide bonds. The van der Waals surface area contributed by atoms with Crippen LogP contribution in [0.15, 0.2) is 24.3 Å². The molecule has 0 atom stereocenters. The van der Waals surface area contributed by atoms with E-state index in [1.54, 1.807) is 24.3 Å². The van der Waals surface area contributed by atoms with Crippen molar-refractivity contribution in [2.24, 2.45) is 5.73 Å². The van der Waals surface area contributed by atoms with Gasteiger partial charge in [0.05, 0.1) is 25.3 Å². The number of benzene rings is 1. The van der Waals surface area contributed by atoms with E-state index in [9.17, 15) is 14.4 Å². The van der Waals surface area contributed by atoms with Crippen molar-refractivity contribution in [3.05, 3.63) is 24.3 Å². The van der Waals surface area contributed by atoms with Gasteiger partial charge in [-0.15, -0.1) is 0 Å². The summed E-state index contributed by atoms with van der Waals surface area (Å²) in [6.07, 6.45) is 0.192. The van der Waals surface area contributed by atoms with E-state index in [-0.39, 0.29) is 32.0 Å². The monoisotopic (exact) mass is 277 g/mol. The van der Waals surface area contributed by atoms with Crippen molar-refractivity contribution in [2.45, 2.75) is 6.42 Å². The molecule has 0 unspecified atom stereocenters. The molecule has 7 heteroatoms. The second kappa shape index (κ2) is 6.05. The van der Waals surface area contributed by atoms with Crippen LogP contribution in [0.2, 0.25) is 0 Å². The Morgan fingerprint density at radius 2 is 2.10 bits per heavy atom. The lowest BCUT2D eigenvalue weighted by atomic mass is 10.2. The normalized spacial score (nSPS) is 14.0. The molecule has 0 bridgehead atoms. The van der Waals surface area contributed by atoms with Crippen LogP contribution in [0.1, 0.15) is 6.42 Å². The van der Waals surface area contributed by atoms with Gasteiger partial charge in [0.15, 0.2) is 0 Å².